The van der Waals surface area contributed by atoms with Gasteiger partial charge in [0.1, 0.15) is 0 Å². The molecule has 0 unspecified atom stereocenters. The molecule has 0 saturated carbocycles. The minimum absolute atomic E-state index is 0.104. The molecule has 0 atom stereocenters. The van der Waals surface area contributed by atoms with Gasteiger partial charge < -0.3 is 0 Å². The van der Waals surface area contributed by atoms with Gasteiger partial charge in [-0.2, -0.15) is 0 Å². The monoisotopic (exact) mass is 225 g/mol. The van der Waals surface area contributed by atoms with E-state index in [0.29, 0.717) is 4.90 Å². The number of rotatable bonds is 5. The second-order valence-corrected chi connectivity index (χ2v) is 3.95. The Bertz CT molecular complexity index is 352. The number of nitrogens with zero attached hydrogens (tertiary/aromatic N) is 1. The molecule has 1 aromatic rings. The van der Waals surface area contributed by atoms with Crippen molar-refractivity contribution in [3.63, 3.8) is 0 Å². The molecule has 4 heteroatoms. The van der Waals surface area contributed by atoms with E-state index in [0.717, 1.165) is 31.2 Å². The van der Waals surface area contributed by atoms with Crippen molar-refractivity contribution in [1.82, 2.24) is 0 Å². The predicted molar refractivity (Wildman–Crippen MR) is 63.6 cm³/mol. The molecule has 15 heavy (non-hydrogen) atoms. The Kier molecular flexibility index (Phi) is 4.62. The Labute approximate surface area is 95.1 Å². The lowest BCUT2D eigenvalue weighted by Crippen LogP contribution is -1.94. The molecule has 0 aromatic heterocycles. The van der Waals surface area contributed by atoms with Crippen LogP contribution >= 0.6 is 12.6 Å². The highest BCUT2D eigenvalue weighted by Crippen LogP contribution is 2.26. The van der Waals surface area contributed by atoms with Crippen molar-refractivity contribution in [3.8, 4) is 0 Å². The third kappa shape index (κ3) is 3.23. The Hall–Kier alpha value is -1.03. The van der Waals surface area contributed by atoms with Gasteiger partial charge in [-0.25, -0.2) is 0 Å². The fraction of sp³-hybridized carbons (Fsp3) is 0.455. The summed E-state index contributed by atoms with van der Waals surface area (Å²) < 4.78 is 0. The van der Waals surface area contributed by atoms with Crippen molar-refractivity contribution in [2.75, 3.05) is 0 Å². The van der Waals surface area contributed by atoms with Gasteiger partial charge in [0, 0.05) is 6.07 Å². The molecule has 0 aliphatic heterocycles. The fourth-order valence-corrected chi connectivity index (χ4v) is 1.83. The number of nitro benzene ring substituents is 1. The summed E-state index contributed by atoms with van der Waals surface area (Å²) in [5, 5.41) is 10.7. The molecule has 0 N–H and O–H groups in total. The van der Waals surface area contributed by atoms with Crippen LogP contribution in [-0.2, 0) is 6.42 Å². The van der Waals surface area contributed by atoms with Crippen LogP contribution in [0.2, 0.25) is 0 Å². The second-order valence-electron chi connectivity index (χ2n) is 3.50. The summed E-state index contributed by atoms with van der Waals surface area (Å²) in [6.07, 6.45) is 4.23. The summed E-state index contributed by atoms with van der Waals surface area (Å²) in [7, 11) is 0. The van der Waals surface area contributed by atoms with Gasteiger partial charge in [0.25, 0.3) is 5.69 Å². The first-order valence-corrected chi connectivity index (χ1v) is 5.56. The summed E-state index contributed by atoms with van der Waals surface area (Å²) in [6.45, 7) is 2.13. The largest absolute Gasteiger partial charge is 0.282 e. The lowest BCUT2D eigenvalue weighted by Gasteiger charge is -2.04. The fourth-order valence-electron chi connectivity index (χ4n) is 1.49. The third-order valence-electron chi connectivity index (χ3n) is 2.34. The maximum atomic E-state index is 10.7. The summed E-state index contributed by atoms with van der Waals surface area (Å²) in [4.78, 5) is 10.8. The normalized spacial score (nSPS) is 10.3. The first-order chi connectivity index (χ1) is 7.16. The van der Waals surface area contributed by atoms with E-state index >= 15 is 0 Å². The molecular formula is C11H15NO2S. The number of nitro groups is 1. The molecule has 0 bridgehead atoms. The van der Waals surface area contributed by atoms with Gasteiger partial charge in [0.2, 0.25) is 0 Å². The average molecular weight is 225 g/mol. The van der Waals surface area contributed by atoms with Crippen LogP contribution in [0, 0.1) is 10.1 Å². The number of unbranched alkanes of at least 4 members (excludes halogenated alkanes) is 2. The van der Waals surface area contributed by atoms with Crippen molar-refractivity contribution in [2.24, 2.45) is 0 Å². The zero-order valence-corrected chi connectivity index (χ0v) is 9.67. The van der Waals surface area contributed by atoms with E-state index in [4.69, 9.17) is 0 Å². The Balaban J connectivity index is 2.80. The van der Waals surface area contributed by atoms with E-state index in [1.54, 1.807) is 6.07 Å². The smallest absolute Gasteiger partial charge is 0.258 e. The molecule has 82 valence electrons. The Morgan fingerprint density at radius 3 is 2.73 bits per heavy atom. The van der Waals surface area contributed by atoms with Crippen LogP contribution in [0.25, 0.3) is 0 Å². The molecule has 1 aromatic carbocycles. The van der Waals surface area contributed by atoms with Crippen molar-refractivity contribution >= 4 is 18.3 Å². The van der Waals surface area contributed by atoms with E-state index in [1.807, 2.05) is 6.07 Å². The summed E-state index contributed by atoms with van der Waals surface area (Å²) in [5.74, 6) is 0. The molecule has 1 rings (SSSR count). The van der Waals surface area contributed by atoms with Gasteiger partial charge >= 0.3 is 0 Å². The van der Waals surface area contributed by atoms with Crippen molar-refractivity contribution in [2.45, 2.75) is 37.5 Å². The number of hydrogen-bond acceptors (Lipinski definition) is 3. The average Bonchev–Trinajstić information content (AvgIpc) is 2.20. The maximum Gasteiger partial charge on any atom is 0.282 e. The van der Waals surface area contributed by atoms with Crippen molar-refractivity contribution < 1.29 is 4.92 Å². The maximum absolute atomic E-state index is 10.7. The van der Waals surface area contributed by atoms with Gasteiger partial charge in [-0.05, 0) is 18.4 Å². The molecule has 0 heterocycles. The predicted octanol–water partition coefficient (Wildman–Crippen LogP) is 3.62. The highest BCUT2D eigenvalue weighted by atomic mass is 32.1. The minimum atomic E-state index is -0.383. The molecule has 0 spiro atoms. The van der Waals surface area contributed by atoms with Crippen LogP contribution in [0.1, 0.15) is 31.7 Å². The lowest BCUT2D eigenvalue weighted by molar-refractivity contribution is -0.387. The molecule has 3 nitrogen and oxygen atoms in total. The first-order valence-electron chi connectivity index (χ1n) is 5.12. The summed E-state index contributed by atoms with van der Waals surface area (Å²) in [6, 6.07) is 5.12. The SMILES string of the molecule is CCCCCc1cccc([N+](=O)[O-])c1S. The standard InChI is InChI=1S/C11H15NO2S/c1-2-3-4-6-9-7-5-8-10(11(9)15)12(13)14/h5,7-8,15H,2-4,6H2,1H3. The van der Waals surface area contributed by atoms with E-state index < -0.39 is 0 Å². The minimum Gasteiger partial charge on any atom is -0.258 e. The summed E-state index contributed by atoms with van der Waals surface area (Å²) >= 11 is 4.21. The van der Waals surface area contributed by atoms with Gasteiger partial charge in [0.15, 0.2) is 0 Å². The Morgan fingerprint density at radius 1 is 1.40 bits per heavy atom. The quantitative estimate of drug-likeness (QED) is 0.360. The van der Waals surface area contributed by atoms with Gasteiger partial charge in [0.05, 0.1) is 9.82 Å². The van der Waals surface area contributed by atoms with E-state index in [9.17, 15) is 10.1 Å². The van der Waals surface area contributed by atoms with E-state index in [2.05, 4.69) is 19.6 Å². The Morgan fingerprint density at radius 2 is 2.13 bits per heavy atom. The van der Waals surface area contributed by atoms with E-state index in [1.165, 1.54) is 6.07 Å². The summed E-state index contributed by atoms with van der Waals surface area (Å²) in [5.41, 5.74) is 1.08. The van der Waals surface area contributed by atoms with Crippen LogP contribution in [0.15, 0.2) is 23.1 Å². The highest BCUT2D eigenvalue weighted by Gasteiger charge is 2.13. The van der Waals surface area contributed by atoms with Crippen LogP contribution in [-0.4, -0.2) is 4.92 Å². The zero-order chi connectivity index (χ0) is 11.3. The van der Waals surface area contributed by atoms with Crippen molar-refractivity contribution in [1.29, 1.82) is 0 Å². The van der Waals surface area contributed by atoms with Crippen molar-refractivity contribution in [3.05, 3.63) is 33.9 Å². The number of thiol groups is 1. The lowest BCUT2D eigenvalue weighted by atomic mass is 10.1. The van der Waals surface area contributed by atoms with Crippen LogP contribution < -0.4 is 0 Å². The molecule has 0 saturated heterocycles. The van der Waals surface area contributed by atoms with E-state index in [-0.39, 0.29) is 10.6 Å². The molecule has 0 aliphatic rings. The highest BCUT2D eigenvalue weighted by molar-refractivity contribution is 7.80. The van der Waals surface area contributed by atoms with Gasteiger partial charge in [-0.1, -0.05) is 31.9 Å². The number of hydrogen-bond donors (Lipinski definition) is 1. The van der Waals surface area contributed by atoms with Gasteiger partial charge in [-0.3, -0.25) is 10.1 Å². The topological polar surface area (TPSA) is 43.1 Å². The van der Waals surface area contributed by atoms with Crippen LogP contribution in [0.5, 0.6) is 0 Å². The van der Waals surface area contributed by atoms with Crippen LogP contribution in [0.4, 0.5) is 5.69 Å². The molecule has 0 fully saturated rings. The van der Waals surface area contributed by atoms with Crippen LogP contribution in [0.3, 0.4) is 0 Å². The molecule has 0 amide bonds. The first kappa shape index (κ1) is 12.0. The van der Waals surface area contributed by atoms with Gasteiger partial charge in [-0.15, -0.1) is 12.6 Å². The third-order valence-corrected chi connectivity index (χ3v) is 2.86. The molecular weight excluding hydrogens is 210 g/mol. The zero-order valence-electron chi connectivity index (χ0n) is 8.77. The molecule has 0 aliphatic carbocycles. The number of aryl methyl sites for hydroxylation is 1. The number of benzene rings is 1. The second kappa shape index (κ2) is 5.75. The molecule has 0 radical (unpaired) electrons.